The second-order valence-electron chi connectivity index (χ2n) is 38.4. The van der Waals surface area contributed by atoms with Gasteiger partial charge in [-0.15, -0.1) is 0 Å². The van der Waals surface area contributed by atoms with Crippen LogP contribution in [0.1, 0.15) is 235 Å². The molecule has 0 fully saturated rings. The Balaban J connectivity index is 0.915. The van der Waals surface area contributed by atoms with E-state index in [0.29, 0.717) is 137 Å². The van der Waals surface area contributed by atoms with Crippen LogP contribution in [0.4, 0.5) is 0 Å². The zero-order valence-corrected chi connectivity index (χ0v) is 87.6. The summed E-state index contributed by atoms with van der Waals surface area (Å²) in [6.45, 7) is 18.3. The van der Waals surface area contributed by atoms with Gasteiger partial charge in [-0.3, -0.25) is 19.2 Å². The third kappa shape index (κ3) is 26.8. The number of aromatic nitrogens is 1. The van der Waals surface area contributed by atoms with Gasteiger partial charge in [0.2, 0.25) is 0 Å². The first kappa shape index (κ1) is 110. The molecule has 0 bridgehead atoms. The number of ether oxygens (including phenoxy) is 14. The Bertz CT molecular complexity index is 5990. The van der Waals surface area contributed by atoms with Crippen molar-refractivity contribution in [3.63, 3.8) is 0 Å². The summed E-state index contributed by atoms with van der Waals surface area (Å²) in [5.41, 5.74) is 22.3. The van der Waals surface area contributed by atoms with Crippen molar-refractivity contribution in [1.29, 1.82) is 0 Å². The van der Waals surface area contributed by atoms with Gasteiger partial charge in [-0.05, 0) is 236 Å². The molecule has 0 radical (unpaired) electrons. The summed E-state index contributed by atoms with van der Waals surface area (Å²) in [5.74, 6) is 0.202. The molecule has 0 saturated carbocycles. The van der Waals surface area contributed by atoms with Crippen LogP contribution >= 0.6 is 0 Å². The number of Topliss-reactive ketones (excluding diaryl/α,β-unsaturated/α-hetero) is 4. The quantitative estimate of drug-likeness (QED) is 0.0266. The normalized spacial score (nSPS) is 14.0. The topological polar surface area (TPSA) is 243 Å². The molecule has 780 valence electrons. The van der Waals surface area contributed by atoms with Crippen LogP contribution in [0.5, 0.6) is 11.5 Å². The van der Waals surface area contributed by atoms with Gasteiger partial charge in [0.05, 0.1) is 181 Å². The lowest BCUT2D eigenvalue weighted by molar-refractivity contribution is 0.00443. The molecule has 2 atom stereocenters. The lowest BCUT2D eigenvalue weighted by Crippen LogP contribution is -2.30. The van der Waals surface area contributed by atoms with Crippen LogP contribution in [0.3, 0.4) is 0 Å². The van der Waals surface area contributed by atoms with E-state index in [0.717, 1.165) is 184 Å². The molecule has 2 N–H and O–H groups in total. The average molecular weight is 2010 g/mol. The molecular formula is C127H147NO20. The van der Waals surface area contributed by atoms with Crippen molar-refractivity contribution in [3.8, 4) is 78.3 Å². The first-order chi connectivity index (χ1) is 72.6. The minimum atomic E-state index is -1.20. The number of ketones is 4. The molecule has 21 heteroatoms. The molecule has 2 aliphatic rings. The number of aliphatic hydroxyl groups is 2. The molecule has 0 saturated heterocycles. The van der Waals surface area contributed by atoms with Crippen molar-refractivity contribution >= 4 is 44.9 Å². The monoisotopic (exact) mass is 2010 g/mol. The first-order valence-electron chi connectivity index (χ1n) is 53.2. The highest BCUT2D eigenvalue weighted by molar-refractivity contribution is 6.11. The molecule has 1 heterocycles. The number of hydrogen-bond donors (Lipinski definition) is 2. The third-order valence-electron chi connectivity index (χ3n) is 28.6. The van der Waals surface area contributed by atoms with E-state index in [1.165, 1.54) is 38.5 Å². The first-order valence-corrected chi connectivity index (χ1v) is 53.2. The molecule has 2 aliphatic carbocycles. The molecule has 0 aliphatic heterocycles. The fourth-order valence-corrected chi connectivity index (χ4v) is 21.3. The van der Waals surface area contributed by atoms with Crippen LogP contribution in [-0.4, -0.2) is 211 Å². The van der Waals surface area contributed by atoms with Crippen molar-refractivity contribution in [2.45, 2.75) is 162 Å². The summed E-state index contributed by atoms with van der Waals surface area (Å²) in [7, 11) is 3.28. The highest BCUT2D eigenvalue weighted by Gasteiger charge is 2.50. The number of benzene rings is 12. The van der Waals surface area contributed by atoms with E-state index in [1.807, 2.05) is 60.7 Å². The van der Waals surface area contributed by atoms with Gasteiger partial charge >= 0.3 is 0 Å². The molecule has 148 heavy (non-hydrogen) atoms. The number of carbonyl (C=O) groups excluding carboxylic acids is 4. The van der Waals surface area contributed by atoms with E-state index in [4.69, 9.17) is 66.3 Å². The molecule has 13 aromatic rings. The van der Waals surface area contributed by atoms with Gasteiger partial charge in [-0.2, -0.15) is 0 Å². The number of hydrogen-bond acceptors (Lipinski definition) is 20. The molecule has 12 aromatic carbocycles. The predicted octanol–water partition coefficient (Wildman–Crippen LogP) is 25.2. The highest BCUT2D eigenvalue weighted by Crippen LogP contribution is 2.61. The van der Waals surface area contributed by atoms with E-state index >= 15 is 0 Å². The van der Waals surface area contributed by atoms with Gasteiger partial charge < -0.3 is 81.1 Å². The minimum Gasteiger partial charge on any atom is -0.490 e. The Labute approximate surface area is 873 Å². The number of rotatable bonds is 67. The summed E-state index contributed by atoms with van der Waals surface area (Å²) in [5, 5.41) is 20.8. The molecule has 15 rings (SSSR count). The second-order valence-corrected chi connectivity index (χ2v) is 38.4. The van der Waals surface area contributed by atoms with E-state index in [1.54, 1.807) is 41.9 Å². The summed E-state index contributed by atoms with van der Waals surface area (Å²) in [6.07, 6.45) is 15.8. The summed E-state index contributed by atoms with van der Waals surface area (Å²) < 4.78 is 84.7. The molecular weight excluding hydrogens is 1860 g/mol. The number of carbonyl (C=O) groups is 4. The SMILES string of the molecule is CCCCCCCCC(CCCCCCCC)n1c2cc(-c3ccc4c(c3)C(c3ccc(COCCOCCOCCO)c(C(C)=O)c3)(c3ccc(OCCOCCOCCOC)c(C(C)=O)c3)c3cc(-c5ccccc5)ccc3-4)ccc2c2ccc(-c3ccc4c(c3)C(c3ccc(COCCOCCOCCO)c(C(C)=O)c3)(c3ccc(OCCOCCOCCOC)c(C(C)=O)c3)c3cc(-c5ccccc5)ccc3-4)cc21. The largest absolute Gasteiger partial charge is 0.490 e. The van der Waals surface area contributed by atoms with Gasteiger partial charge in [0.25, 0.3) is 0 Å². The van der Waals surface area contributed by atoms with Crippen LogP contribution in [0.15, 0.2) is 243 Å². The van der Waals surface area contributed by atoms with Crippen LogP contribution in [0.2, 0.25) is 0 Å². The highest BCUT2D eigenvalue weighted by atomic mass is 16.6. The molecule has 0 spiro atoms. The number of fused-ring (bicyclic) bond motifs is 9. The summed E-state index contributed by atoms with van der Waals surface area (Å²) >= 11 is 0. The zero-order valence-electron chi connectivity index (χ0n) is 87.6. The maximum atomic E-state index is 14.7. The van der Waals surface area contributed by atoms with Crippen molar-refractivity contribution in [1.82, 2.24) is 4.57 Å². The van der Waals surface area contributed by atoms with Gasteiger partial charge in [-0.25, -0.2) is 0 Å². The fourth-order valence-electron chi connectivity index (χ4n) is 21.3. The minimum absolute atomic E-state index is 0.0703. The average Bonchev–Trinajstić information content (AvgIpc) is 1.57. The van der Waals surface area contributed by atoms with Crippen LogP contribution in [0, 0.1) is 0 Å². The van der Waals surface area contributed by atoms with Crippen LogP contribution in [0.25, 0.3) is 88.6 Å². The Hall–Kier alpha value is -11.8. The Morgan fingerprint density at radius 1 is 0.277 bits per heavy atom. The van der Waals surface area contributed by atoms with E-state index in [9.17, 15) is 29.4 Å². The lowest BCUT2D eigenvalue weighted by Gasteiger charge is -2.35. The summed E-state index contributed by atoms with van der Waals surface area (Å²) in [6, 6.07) is 86.7. The molecule has 0 amide bonds. The van der Waals surface area contributed by atoms with Gasteiger partial charge in [0, 0.05) is 53.2 Å². The Kier molecular flexibility index (Phi) is 41.8. The fraction of sp³-hybridized carbons (Fsp3) is 0.402. The van der Waals surface area contributed by atoms with Gasteiger partial charge in [0.1, 0.15) is 24.7 Å². The van der Waals surface area contributed by atoms with Crippen LogP contribution < -0.4 is 9.47 Å². The van der Waals surface area contributed by atoms with Crippen LogP contribution in [-0.2, 0) is 80.9 Å². The maximum Gasteiger partial charge on any atom is 0.163 e. The zero-order chi connectivity index (χ0) is 103. The Morgan fingerprint density at radius 3 is 0.892 bits per heavy atom. The van der Waals surface area contributed by atoms with Crippen molar-refractivity contribution < 1.29 is 95.7 Å². The predicted molar refractivity (Wildman–Crippen MR) is 586 cm³/mol. The van der Waals surface area contributed by atoms with E-state index < -0.39 is 10.8 Å². The number of nitrogens with zero attached hydrogens (tertiary/aromatic N) is 1. The smallest absolute Gasteiger partial charge is 0.163 e. The maximum absolute atomic E-state index is 14.7. The lowest BCUT2D eigenvalue weighted by atomic mass is 9.66. The molecule has 1 aromatic heterocycles. The molecule has 21 nitrogen and oxygen atoms in total. The van der Waals surface area contributed by atoms with E-state index in [2.05, 4.69) is 200 Å². The standard InChI is InChI=1S/C127H147NO20/c1-9-11-13-15-17-25-31-107(32-26-18-16-14-12-10-2)128-122-81-99(97-37-47-110-108-45-35-95(93-27-21-19-22-28-93)77-118(108)126(120(110)79-97,103-41-33-101(114(83-103)89(3)131)87-145-71-69-141-63-61-137-55-53-129)105-43-51-124(116(85-105)91(5)133)147-75-73-143-67-65-139-59-57-135-7)39-49-112(122)113-50-40-100(82-123(113)128)98-38-48-111-109-46-36-96(94-29-23-20-24-30-94)78-119(109)127(121(111)80-98,104-42-34-102(115(84-104)90(4)132)88-146-72-70-142-64-62-138-56-54-130)106-44-52-125(117(86-106)92(6)134)148-76-74-144-68-66-140-60-58-136-8/h19-24,27-30,33-52,77-86,107,129-130H,9-18,25-26,31-32,53-76,87-88H2,1-8H3. The van der Waals surface area contributed by atoms with Gasteiger partial charge in [-0.1, -0.05) is 261 Å². The van der Waals surface area contributed by atoms with Crippen molar-refractivity contribution in [2.24, 2.45) is 0 Å². The number of aliphatic hydroxyl groups excluding tert-OH is 2. The van der Waals surface area contributed by atoms with Crippen molar-refractivity contribution in [2.75, 3.05) is 173 Å². The Morgan fingerprint density at radius 2 is 0.561 bits per heavy atom. The number of unbranched alkanes of at least 4 members (excludes halogenated alkanes) is 10. The summed E-state index contributed by atoms with van der Waals surface area (Å²) in [4.78, 5) is 58.7. The van der Waals surface area contributed by atoms with E-state index in [-0.39, 0.29) is 108 Å². The third-order valence-corrected chi connectivity index (χ3v) is 28.6. The van der Waals surface area contributed by atoms with Gasteiger partial charge in [0.15, 0.2) is 23.1 Å². The van der Waals surface area contributed by atoms with Crippen molar-refractivity contribution in [3.05, 3.63) is 321 Å². The second kappa shape index (κ2) is 56.1. The molecule has 2 unspecified atom stereocenters. The number of methoxy groups -OCH3 is 2.